The number of benzene rings is 1. The second-order valence-electron chi connectivity index (χ2n) is 7.66. The highest BCUT2D eigenvalue weighted by Crippen LogP contribution is 2.30. The van der Waals surface area contributed by atoms with Crippen LogP contribution < -0.4 is 5.32 Å². The van der Waals surface area contributed by atoms with E-state index in [1.165, 1.54) is 4.90 Å². The Hall–Kier alpha value is -2.49. The van der Waals surface area contributed by atoms with Crippen LogP contribution in [0.2, 0.25) is 0 Å². The maximum absolute atomic E-state index is 13.5. The van der Waals surface area contributed by atoms with Crippen molar-refractivity contribution in [3.05, 3.63) is 35.1 Å². The van der Waals surface area contributed by atoms with Gasteiger partial charge in [-0.05, 0) is 50.0 Å². The number of nitrogens with one attached hydrogen (secondary N) is 1. The maximum atomic E-state index is 13.5. The molecule has 3 rings (SSSR count). The number of carbonyl (C=O) groups excluding carboxylic acids is 3. The molecule has 0 aliphatic carbocycles. The molecule has 30 heavy (non-hydrogen) atoms. The van der Waals surface area contributed by atoms with Crippen LogP contribution in [0.5, 0.6) is 0 Å². The summed E-state index contributed by atoms with van der Waals surface area (Å²) in [7, 11) is 0. The zero-order valence-corrected chi connectivity index (χ0v) is 16.3. The molecule has 0 radical (unpaired) electrons. The monoisotopic (exact) mass is 429 g/mol. The van der Waals surface area contributed by atoms with Crippen molar-refractivity contribution in [3.8, 4) is 0 Å². The van der Waals surface area contributed by atoms with Gasteiger partial charge in [0, 0.05) is 38.0 Å². The van der Waals surface area contributed by atoms with Gasteiger partial charge in [0.15, 0.2) is 0 Å². The van der Waals surface area contributed by atoms with Gasteiger partial charge in [0.2, 0.25) is 11.8 Å². The average Bonchev–Trinajstić information content (AvgIpc) is 3.01. The Balaban J connectivity index is 1.43. The number of piperidine rings is 1. The molecule has 2 aliphatic rings. The predicted octanol–water partition coefficient (Wildman–Crippen LogP) is 2.44. The predicted molar refractivity (Wildman–Crippen MR) is 98.9 cm³/mol. The van der Waals surface area contributed by atoms with Crippen LogP contribution in [0, 0.1) is 11.7 Å². The molecule has 0 atom stereocenters. The van der Waals surface area contributed by atoms with Crippen molar-refractivity contribution >= 4 is 17.7 Å². The lowest BCUT2D eigenvalue weighted by molar-refractivity contribution is -0.139. The lowest BCUT2D eigenvalue weighted by atomic mass is 9.96. The van der Waals surface area contributed by atoms with Gasteiger partial charge in [-0.25, -0.2) is 4.39 Å². The van der Waals surface area contributed by atoms with Gasteiger partial charge in [0.1, 0.15) is 5.82 Å². The Kier molecular flexibility index (Phi) is 6.74. The first kappa shape index (κ1) is 22.2. The molecular formula is C20H23F4N3O3. The minimum atomic E-state index is -4.73. The Labute approximate surface area is 171 Å². The molecule has 2 aliphatic heterocycles. The van der Waals surface area contributed by atoms with Gasteiger partial charge in [-0.3, -0.25) is 19.3 Å². The summed E-state index contributed by atoms with van der Waals surface area (Å²) < 4.78 is 51.8. The molecule has 10 heteroatoms. The van der Waals surface area contributed by atoms with Crippen molar-refractivity contribution in [2.75, 3.05) is 32.7 Å². The molecule has 164 valence electrons. The molecule has 1 aromatic rings. The Morgan fingerprint density at radius 1 is 1.03 bits per heavy atom. The van der Waals surface area contributed by atoms with Crippen LogP contribution in [0.1, 0.15) is 41.6 Å². The lowest BCUT2D eigenvalue weighted by Gasteiger charge is -2.32. The Morgan fingerprint density at radius 2 is 1.67 bits per heavy atom. The van der Waals surface area contributed by atoms with Gasteiger partial charge in [0.05, 0.1) is 5.56 Å². The fourth-order valence-corrected chi connectivity index (χ4v) is 3.75. The van der Waals surface area contributed by atoms with Crippen LogP contribution in [-0.4, -0.2) is 60.2 Å². The quantitative estimate of drug-likeness (QED) is 0.557. The Morgan fingerprint density at radius 3 is 2.27 bits per heavy atom. The molecule has 1 aromatic carbocycles. The number of nitrogens with zero attached hydrogens (tertiary/aromatic N) is 2. The largest absolute Gasteiger partial charge is 0.416 e. The topological polar surface area (TPSA) is 69.7 Å². The molecule has 2 heterocycles. The molecule has 0 saturated carbocycles. The second kappa shape index (κ2) is 9.11. The lowest BCUT2D eigenvalue weighted by Crippen LogP contribution is -2.43. The number of alkyl halides is 3. The molecule has 3 amide bonds. The number of likely N-dealkylation sites (tertiary alicyclic amines) is 2. The van der Waals surface area contributed by atoms with Gasteiger partial charge >= 0.3 is 6.18 Å². The third-order valence-electron chi connectivity index (χ3n) is 5.54. The third-order valence-corrected chi connectivity index (χ3v) is 5.54. The van der Waals surface area contributed by atoms with E-state index < -0.39 is 23.5 Å². The fraction of sp³-hybridized carbons (Fsp3) is 0.550. The van der Waals surface area contributed by atoms with Crippen molar-refractivity contribution in [2.45, 2.75) is 31.9 Å². The zero-order chi connectivity index (χ0) is 21.9. The maximum Gasteiger partial charge on any atom is 0.416 e. The van der Waals surface area contributed by atoms with Gasteiger partial charge < -0.3 is 10.2 Å². The Bertz CT molecular complexity index is 804. The summed E-state index contributed by atoms with van der Waals surface area (Å²) in [6.45, 7) is 2.72. The van der Waals surface area contributed by atoms with Crippen molar-refractivity contribution in [1.29, 1.82) is 0 Å². The first-order chi connectivity index (χ1) is 14.1. The third kappa shape index (κ3) is 5.56. The average molecular weight is 429 g/mol. The summed E-state index contributed by atoms with van der Waals surface area (Å²) in [5.74, 6) is -1.98. The highest BCUT2D eigenvalue weighted by molar-refractivity contribution is 6.01. The standard InChI is InChI=1S/C20H23F4N3O3/c21-16-10-14(9-15(11-16)20(22,23)24)19(30)25-12-13-3-5-26(6-4-13)7-8-27-17(28)1-2-18(27)29/h9-11,13H,1-8,12H2,(H,25,30). The number of amides is 3. The molecule has 0 unspecified atom stereocenters. The minimum absolute atomic E-state index is 0.136. The van der Waals surface area contributed by atoms with E-state index in [0.29, 0.717) is 25.2 Å². The number of rotatable bonds is 6. The summed E-state index contributed by atoms with van der Waals surface area (Å²) in [5.41, 5.74) is -1.56. The van der Waals surface area contributed by atoms with Gasteiger partial charge in [-0.1, -0.05) is 0 Å². The number of imide groups is 1. The van der Waals surface area contributed by atoms with E-state index in [9.17, 15) is 31.9 Å². The number of carbonyl (C=O) groups is 3. The first-order valence-corrected chi connectivity index (χ1v) is 9.85. The summed E-state index contributed by atoms with van der Waals surface area (Å²) >= 11 is 0. The highest BCUT2D eigenvalue weighted by Gasteiger charge is 2.32. The van der Waals surface area contributed by atoms with Crippen LogP contribution in [0.4, 0.5) is 17.6 Å². The van der Waals surface area contributed by atoms with E-state index >= 15 is 0 Å². The number of hydrogen-bond acceptors (Lipinski definition) is 4. The van der Waals surface area contributed by atoms with E-state index in [0.717, 1.165) is 32.0 Å². The summed E-state index contributed by atoms with van der Waals surface area (Å²) in [6, 6.07) is 1.78. The number of hydrogen-bond donors (Lipinski definition) is 1. The highest BCUT2D eigenvalue weighted by atomic mass is 19.4. The van der Waals surface area contributed by atoms with E-state index in [1.54, 1.807) is 0 Å². The summed E-state index contributed by atoms with van der Waals surface area (Å²) in [4.78, 5) is 38.9. The van der Waals surface area contributed by atoms with E-state index in [2.05, 4.69) is 10.2 Å². The normalized spacial score (nSPS) is 18.9. The molecule has 2 saturated heterocycles. The van der Waals surface area contributed by atoms with Crippen molar-refractivity contribution in [1.82, 2.24) is 15.1 Å². The molecule has 0 bridgehead atoms. The van der Waals surface area contributed by atoms with Crippen LogP contribution >= 0.6 is 0 Å². The van der Waals surface area contributed by atoms with Crippen LogP contribution in [-0.2, 0) is 15.8 Å². The zero-order valence-electron chi connectivity index (χ0n) is 16.3. The molecule has 2 fully saturated rings. The summed E-state index contributed by atoms with van der Waals surface area (Å²) in [5, 5.41) is 2.59. The second-order valence-corrected chi connectivity index (χ2v) is 7.66. The number of halogens is 4. The smallest absolute Gasteiger partial charge is 0.352 e. The van der Waals surface area contributed by atoms with Crippen LogP contribution in [0.3, 0.4) is 0 Å². The van der Waals surface area contributed by atoms with Gasteiger partial charge in [0.25, 0.3) is 5.91 Å². The summed E-state index contributed by atoms with van der Waals surface area (Å²) in [6.07, 6.45) is -2.65. The van der Waals surface area contributed by atoms with E-state index in [1.807, 2.05) is 0 Å². The van der Waals surface area contributed by atoms with E-state index in [4.69, 9.17) is 0 Å². The SMILES string of the molecule is O=C(NCC1CCN(CCN2C(=O)CCC2=O)CC1)c1cc(F)cc(C(F)(F)F)c1. The van der Waals surface area contributed by atoms with Gasteiger partial charge in [-0.2, -0.15) is 13.2 Å². The van der Waals surface area contributed by atoms with Crippen molar-refractivity contribution < 1.29 is 31.9 Å². The molecule has 6 nitrogen and oxygen atoms in total. The van der Waals surface area contributed by atoms with Crippen molar-refractivity contribution in [3.63, 3.8) is 0 Å². The minimum Gasteiger partial charge on any atom is -0.352 e. The van der Waals surface area contributed by atoms with E-state index in [-0.39, 0.29) is 42.7 Å². The van der Waals surface area contributed by atoms with Crippen LogP contribution in [0.25, 0.3) is 0 Å². The van der Waals surface area contributed by atoms with Gasteiger partial charge in [-0.15, -0.1) is 0 Å². The molecular weight excluding hydrogens is 406 g/mol. The molecule has 0 spiro atoms. The first-order valence-electron chi connectivity index (χ1n) is 9.85. The molecule has 0 aromatic heterocycles. The molecule has 1 N–H and O–H groups in total. The fourth-order valence-electron chi connectivity index (χ4n) is 3.75. The van der Waals surface area contributed by atoms with Crippen molar-refractivity contribution in [2.24, 2.45) is 5.92 Å². The van der Waals surface area contributed by atoms with Crippen LogP contribution in [0.15, 0.2) is 18.2 Å².